The molecule has 1 atom stereocenters. The van der Waals surface area contributed by atoms with Crippen molar-refractivity contribution in [3.63, 3.8) is 0 Å². The molecule has 0 N–H and O–H groups in total. The Balaban J connectivity index is 1.76. The Morgan fingerprint density at radius 2 is 1.62 bits per heavy atom. The zero-order valence-electron chi connectivity index (χ0n) is 15.8. The zero-order valence-corrected chi connectivity index (χ0v) is 15.8. The van der Waals surface area contributed by atoms with Gasteiger partial charge in [-0.2, -0.15) is 4.73 Å². The van der Waals surface area contributed by atoms with Crippen LogP contribution >= 0.6 is 0 Å². The standard InChI is InChI=1S/C22H26N2O2/c1-22(2,3)19-14-26-21(23-19)20-17-10-8-15-4-6-16(7-5-15)9-12-18(13-11-17)24(20)25/h4-7,11,13,19H,8-10,12,14H2,1-3H3/t19-/m0/s1. The number of aromatic nitrogens is 1. The first kappa shape index (κ1) is 17.1. The van der Waals surface area contributed by atoms with Crippen LogP contribution in [0.1, 0.15) is 48.8 Å². The molecule has 5 aliphatic rings. The third kappa shape index (κ3) is 3.20. The van der Waals surface area contributed by atoms with Gasteiger partial charge in [-0.1, -0.05) is 45.0 Å². The van der Waals surface area contributed by atoms with Gasteiger partial charge >= 0.3 is 0 Å². The quantitative estimate of drug-likeness (QED) is 0.585. The van der Waals surface area contributed by atoms with Crippen LogP contribution in [-0.2, 0) is 30.4 Å². The molecule has 2 aliphatic carbocycles. The highest BCUT2D eigenvalue weighted by Gasteiger charge is 2.35. The van der Waals surface area contributed by atoms with Gasteiger partial charge in [0.2, 0.25) is 0 Å². The molecule has 0 unspecified atom stereocenters. The summed E-state index contributed by atoms with van der Waals surface area (Å²) in [5.41, 5.74) is 4.99. The van der Waals surface area contributed by atoms with E-state index in [0.717, 1.165) is 35.3 Å². The van der Waals surface area contributed by atoms with Crippen LogP contribution in [0.5, 0.6) is 0 Å². The molecule has 1 aromatic heterocycles. The van der Waals surface area contributed by atoms with Gasteiger partial charge in [0.25, 0.3) is 11.6 Å². The molecular formula is C22H26N2O2. The lowest BCUT2D eigenvalue weighted by atomic mass is 9.88. The predicted molar refractivity (Wildman–Crippen MR) is 102 cm³/mol. The van der Waals surface area contributed by atoms with E-state index >= 15 is 0 Å². The highest BCUT2D eigenvalue weighted by Crippen LogP contribution is 2.28. The van der Waals surface area contributed by atoms with Gasteiger partial charge in [0.15, 0.2) is 5.69 Å². The molecule has 4 heteroatoms. The van der Waals surface area contributed by atoms with E-state index in [1.807, 2.05) is 6.07 Å². The summed E-state index contributed by atoms with van der Waals surface area (Å²) in [6, 6.07) is 12.9. The zero-order chi connectivity index (χ0) is 18.3. The first-order valence-corrected chi connectivity index (χ1v) is 9.45. The molecule has 2 aromatic rings. The lowest BCUT2D eigenvalue weighted by Crippen LogP contribution is -2.41. The van der Waals surface area contributed by atoms with Gasteiger partial charge in [-0.15, -0.1) is 0 Å². The number of aryl methyl sites for hydroxylation is 4. The molecule has 0 radical (unpaired) electrons. The third-order valence-electron chi connectivity index (χ3n) is 5.47. The van der Waals surface area contributed by atoms with E-state index < -0.39 is 0 Å². The summed E-state index contributed by atoms with van der Waals surface area (Å²) in [5.74, 6) is 0.516. The molecular weight excluding hydrogens is 324 g/mol. The highest BCUT2D eigenvalue weighted by atomic mass is 16.5. The van der Waals surface area contributed by atoms with Gasteiger partial charge in [-0.3, -0.25) is 0 Å². The normalized spacial score (nSPS) is 19.7. The predicted octanol–water partition coefficient (Wildman–Crippen LogP) is 3.40. The SMILES string of the molecule is CC(C)(C)[C@@H]1COC(c2c3ccc([n+]2[O-])CCc2ccc(cc2)CC3)=N1. The molecule has 0 spiro atoms. The smallest absolute Gasteiger partial charge is 0.285 e. The van der Waals surface area contributed by atoms with Crippen LogP contribution in [0.15, 0.2) is 41.4 Å². The van der Waals surface area contributed by atoms with Gasteiger partial charge in [0.1, 0.15) is 6.61 Å². The summed E-state index contributed by atoms with van der Waals surface area (Å²) in [6.45, 7) is 7.02. The number of pyridine rings is 1. The lowest BCUT2D eigenvalue weighted by molar-refractivity contribution is -0.616. The number of benzene rings is 1. The lowest BCUT2D eigenvalue weighted by Gasteiger charge is -2.21. The van der Waals surface area contributed by atoms with Gasteiger partial charge in [0.05, 0.1) is 6.04 Å². The van der Waals surface area contributed by atoms with Crippen molar-refractivity contribution in [3.05, 3.63) is 69.7 Å². The molecule has 26 heavy (non-hydrogen) atoms. The Labute approximate surface area is 155 Å². The second kappa shape index (κ2) is 6.42. The molecule has 4 heterocycles. The fourth-order valence-electron chi connectivity index (χ4n) is 3.60. The Morgan fingerprint density at radius 1 is 0.962 bits per heavy atom. The van der Waals surface area contributed by atoms with E-state index in [9.17, 15) is 5.21 Å². The van der Waals surface area contributed by atoms with Crippen molar-refractivity contribution < 1.29 is 9.47 Å². The maximum absolute atomic E-state index is 13.1. The summed E-state index contributed by atoms with van der Waals surface area (Å²) in [4.78, 5) is 4.78. The van der Waals surface area contributed by atoms with E-state index in [0.29, 0.717) is 24.6 Å². The Kier molecular flexibility index (Phi) is 4.22. The fraction of sp³-hybridized carbons (Fsp3) is 0.455. The van der Waals surface area contributed by atoms with Crippen LogP contribution in [0.25, 0.3) is 0 Å². The summed E-state index contributed by atoms with van der Waals surface area (Å²) in [5, 5.41) is 13.1. The summed E-state index contributed by atoms with van der Waals surface area (Å²) >= 11 is 0. The van der Waals surface area contributed by atoms with Gasteiger partial charge < -0.3 is 9.94 Å². The van der Waals surface area contributed by atoms with Crippen LogP contribution in [0.4, 0.5) is 0 Å². The van der Waals surface area contributed by atoms with Crippen molar-refractivity contribution in [3.8, 4) is 0 Å². The van der Waals surface area contributed by atoms with E-state index in [4.69, 9.17) is 9.73 Å². The second-order valence-electron chi connectivity index (χ2n) is 8.44. The topological polar surface area (TPSA) is 48.5 Å². The van der Waals surface area contributed by atoms with Crippen LogP contribution in [-0.4, -0.2) is 18.5 Å². The average Bonchev–Trinajstić information content (AvgIpc) is 3.08. The summed E-state index contributed by atoms with van der Waals surface area (Å²) in [7, 11) is 0. The van der Waals surface area contributed by atoms with Gasteiger partial charge in [-0.25, -0.2) is 4.99 Å². The van der Waals surface area contributed by atoms with Crippen LogP contribution in [0, 0.1) is 10.6 Å². The molecule has 1 aromatic carbocycles. The van der Waals surface area contributed by atoms with E-state index in [2.05, 4.69) is 51.1 Å². The molecule has 0 saturated heterocycles. The van der Waals surface area contributed by atoms with Crippen LogP contribution < -0.4 is 4.73 Å². The van der Waals surface area contributed by atoms with E-state index in [1.165, 1.54) is 11.1 Å². The van der Waals surface area contributed by atoms with Crippen LogP contribution in [0.3, 0.4) is 0 Å². The van der Waals surface area contributed by atoms with Crippen molar-refractivity contribution in [2.24, 2.45) is 10.4 Å². The minimum Gasteiger partial charge on any atom is -0.618 e. The second-order valence-corrected chi connectivity index (χ2v) is 8.44. The molecule has 136 valence electrons. The van der Waals surface area contributed by atoms with Crippen molar-refractivity contribution in [1.82, 2.24) is 0 Å². The third-order valence-corrected chi connectivity index (χ3v) is 5.47. The van der Waals surface area contributed by atoms with Crippen LogP contribution in [0.2, 0.25) is 0 Å². The molecule has 7 rings (SSSR count). The first-order chi connectivity index (χ1) is 12.4. The summed E-state index contributed by atoms with van der Waals surface area (Å²) in [6.07, 6.45) is 3.29. The molecule has 0 amide bonds. The molecule has 0 fully saturated rings. The first-order valence-electron chi connectivity index (χ1n) is 9.45. The van der Waals surface area contributed by atoms with E-state index in [1.54, 1.807) is 0 Å². The number of ether oxygens (including phenoxy) is 1. The Morgan fingerprint density at radius 3 is 2.23 bits per heavy atom. The van der Waals surface area contributed by atoms with E-state index in [-0.39, 0.29) is 11.5 Å². The van der Waals surface area contributed by atoms with Gasteiger partial charge in [0, 0.05) is 18.1 Å². The number of hydrogen-bond donors (Lipinski definition) is 0. The molecule has 0 saturated carbocycles. The van der Waals surface area contributed by atoms with Gasteiger partial charge in [-0.05, 0) is 41.9 Å². The largest absolute Gasteiger partial charge is 0.618 e. The Bertz CT molecular complexity index is 848. The van der Waals surface area contributed by atoms with Crippen molar-refractivity contribution in [2.75, 3.05) is 6.61 Å². The maximum Gasteiger partial charge on any atom is 0.285 e. The number of nitrogens with zero attached hydrogens (tertiary/aromatic N) is 2. The van der Waals surface area contributed by atoms with Crippen molar-refractivity contribution in [2.45, 2.75) is 52.5 Å². The fourth-order valence-corrected chi connectivity index (χ4v) is 3.60. The monoisotopic (exact) mass is 350 g/mol. The number of hydrogen-bond acceptors (Lipinski definition) is 3. The maximum atomic E-state index is 13.1. The molecule has 4 bridgehead atoms. The molecule has 4 nitrogen and oxygen atoms in total. The number of aliphatic imine (C=N–C) groups is 1. The average molecular weight is 350 g/mol. The number of rotatable bonds is 1. The van der Waals surface area contributed by atoms with Crippen molar-refractivity contribution >= 4 is 5.90 Å². The minimum absolute atomic E-state index is 0.0231. The minimum atomic E-state index is 0.0231. The molecule has 3 aliphatic heterocycles. The highest BCUT2D eigenvalue weighted by molar-refractivity contribution is 5.93. The Hall–Kier alpha value is -2.36. The van der Waals surface area contributed by atoms with Crippen molar-refractivity contribution in [1.29, 1.82) is 0 Å². The summed E-state index contributed by atoms with van der Waals surface area (Å²) < 4.78 is 6.97.